The van der Waals surface area contributed by atoms with Crippen LogP contribution < -0.4 is 10.6 Å². The Morgan fingerprint density at radius 2 is 1.90 bits per heavy atom. The summed E-state index contributed by atoms with van der Waals surface area (Å²) in [7, 11) is -1.49. The van der Waals surface area contributed by atoms with E-state index in [4.69, 9.17) is 4.99 Å². The predicted molar refractivity (Wildman–Crippen MR) is 122 cm³/mol. The van der Waals surface area contributed by atoms with Crippen molar-refractivity contribution in [2.24, 2.45) is 10.9 Å². The molecule has 8 heteroatoms. The fourth-order valence-corrected chi connectivity index (χ4v) is 5.93. The molecule has 2 atom stereocenters. The van der Waals surface area contributed by atoms with Gasteiger partial charge in [-0.15, -0.1) is 0 Å². The highest BCUT2D eigenvalue weighted by Crippen LogP contribution is 2.24. The number of rotatable bonds is 6. The van der Waals surface area contributed by atoms with Crippen LogP contribution in [0.2, 0.25) is 0 Å². The van der Waals surface area contributed by atoms with Gasteiger partial charge in [-0.05, 0) is 44.4 Å². The van der Waals surface area contributed by atoms with Crippen molar-refractivity contribution in [2.75, 3.05) is 39.8 Å². The maximum Gasteiger partial charge on any atom is 0.243 e. The van der Waals surface area contributed by atoms with Gasteiger partial charge in [0, 0.05) is 38.8 Å². The highest BCUT2D eigenvalue weighted by atomic mass is 32.2. The maximum absolute atomic E-state index is 13.3. The van der Waals surface area contributed by atoms with Gasteiger partial charge in [0.25, 0.3) is 0 Å². The molecule has 3 rings (SSSR count). The molecule has 2 unspecified atom stereocenters. The quantitative estimate of drug-likeness (QED) is 0.529. The van der Waals surface area contributed by atoms with Crippen molar-refractivity contribution in [1.82, 2.24) is 19.8 Å². The molecule has 1 saturated heterocycles. The molecule has 2 aliphatic rings. The zero-order valence-corrected chi connectivity index (χ0v) is 19.4. The average molecular weight is 436 g/mol. The first-order valence-corrected chi connectivity index (χ1v) is 12.7. The molecule has 0 bridgehead atoms. The third kappa shape index (κ3) is 5.95. The number of aliphatic imine (C=N–C) groups is 1. The van der Waals surface area contributed by atoms with Crippen molar-refractivity contribution >= 4 is 16.0 Å². The molecule has 1 aromatic carbocycles. The van der Waals surface area contributed by atoms with E-state index in [2.05, 4.69) is 22.5 Å². The van der Waals surface area contributed by atoms with Gasteiger partial charge >= 0.3 is 0 Å². The van der Waals surface area contributed by atoms with Crippen molar-refractivity contribution in [3.63, 3.8) is 0 Å². The van der Waals surface area contributed by atoms with Crippen molar-refractivity contribution < 1.29 is 8.42 Å². The smallest absolute Gasteiger partial charge is 0.243 e. The second-order valence-electron chi connectivity index (χ2n) is 8.62. The molecule has 0 spiro atoms. The number of nitrogens with one attached hydrogen (secondary N) is 2. The van der Waals surface area contributed by atoms with E-state index >= 15 is 0 Å². The van der Waals surface area contributed by atoms with Gasteiger partial charge < -0.3 is 15.5 Å². The lowest BCUT2D eigenvalue weighted by atomic mass is 9.87. The van der Waals surface area contributed by atoms with Crippen LogP contribution in [0.25, 0.3) is 0 Å². The van der Waals surface area contributed by atoms with E-state index in [1.165, 1.54) is 12.8 Å². The molecular formula is C22H37N5O2S. The van der Waals surface area contributed by atoms with Gasteiger partial charge in [-0.2, -0.15) is 4.31 Å². The molecule has 168 valence electrons. The minimum Gasteiger partial charge on any atom is -0.357 e. The molecular weight excluding hydrogens is 398 g/mol. The van der Waals surface area contributed by atoms with Crippen molar-refractivity contribution in [2.45, 2.75) is 57.0 Å². The Bertz CT molecular complexity index is 819. The summed E-state index contributed by atoms with van der Waals surface area (Å²) in [6.07, 6.45) is 4.84. The van der Waals surface area contributed by atoms with Gasteiger partial charge in [-0.1, -0.05) is 38.0 Å². The molecule has 1 heterocycles. The Kier molecular flexibility index (Phi) is 8.13. The molecule has 7 nitrogen and oxygen atoms in total. The van der Waals surface area contributed by atoms with Crippen LogP contribution in [0.1, 0.15) is 45.1 Å². The lowest BCUT2D eigenvalue weighted by Gasteiger charge is -2.32. The first-order chi connectivity index (χ1) is 14.4. The third-order valence-electron chi connectivity index (χ3n) is 6.08. The van der Waals surface area contributed by atoms with Gasteiger partial charge in [0.1, 0.15) is 0 Å². The summed E-state index contributed by atoms with van der Waals surface area (Å²) in [5.74, 6) is 1.50. The maximum atomic E-state index is 13.3. The van der Waals surface area contributed by atoms with Gasteiger partial charge in [-0.25, -0.2) is 13.4 Å². The number of sulfonamides is 1. The standard InChI is InChI=1S/C22H37N5O2S/c1-4-23-22(25-20-10-7-8-18(2)16-20)24-17-19-9-5-6-11-21(19)30(28,29)27-14-12-26(3)13-15-27/h5-6,9,11,18,20H,4,7-8,10,12-17H2,1-3H3,(H2,23,24,25). The molecule has 30 heavy (non-hydrogen) atoms. The molecule has 1 aliphatic heterocycles. The zero-order valence-electron chi connectivity index (χ0n) is 18.6. The first-order valence-electron chi connectivity index (χ1n) is 11.2. The molecule has 2 N–H and O–H groups in total. The number of likely N-dealkylation sites (N-methyl/N-ethyl adjacent to an activating group) is 1. The topological polar surface area (TPSA) is 77.0 Å². The molecule has 1 aliphatic carbocycles. The van der Waals surface area contributed by atoms with Gasteiger partial charge in [0.2, 0.25) is 10.0 Å². The van der Waals surface area contributed by atoms with E-state index in [1.807, 2.05) is 26.1 Å². The number of hydrogen-bond donors (Lipinski definition) is 2. The highest BCUT2D eigenvalue weighted by Gasteiger charge is 2.29. The van der Waals surface area contributed by atoms with Gasteiger partial charge in [0.05, 0.1) is 11.4 Å². The Hall–Kier alpha value is -1.64. The zero-order chi connectivity index (χ0) is 21.6. The van der Waals surface area contributed by atoms with Crippen LogP contribution in [0.15, 0.2) is 34.2 Å². The summed E-state index contributed by atoms with van der Waals surface area (Å²) >= 11 is 0. The van der Waals surface area contributed by atoms with Crippen molar-refractivity contribution in [3.8, 4) is 0 Å². The van der Waals surface area contributed by atoms with Crippen molar-refractivity contribution in [1.29, 1.82) is 0 Å². The summed E-state index contributed by atoms with van der Waals surface area (Å²) < 4.78 is 28.1. The van der Waals surface area contributed by atoms with Gasteiger partial charge in [0.15, 0.2) is 5.96 Å². The number of piperazine rings is 1. The van der Waals surface area contributed by atoms with Crippen LogP contribution in [0.5, 0.6) is 0 Å². The van der Waals surface area contributed by atoms with E-state index in [-0.39, 0.29) is 0 Å². The lowest BCUT2D eigenvalue weighted by Crippen LogP contribution is -2.47. The van der Waals surface area contributed by atoms with Crippen LogP contribution in [-0.2, 0) is 16.6 Å². The Morgan fingerprint density at radius 1 is 1.17 bits per heavy atom. The molecule has 1 aromatic rings. The van der Waals surface area contributed by atoms with Crippen LogP contribution in [-0.4, -0.2) is 69.4 Å². The largest absolute Gasteiger partial charge is 0.357 e. The second kappa shape index (κ2) is 10.6. The summed E-state index contributed by atoms with van der Waals surface area (Å²) in [6, 6.07) is 7.69. The summed E-state index contributed by atoms with van der Waals surface area (Å²) in [6.45, 7) is 8.03. The third-order valence-corrected chi connectivity index (χ3v) is 8.08. The number of benzene rings is 1. The number of guanidine groups is 1. The summed E-state index contributed by atoms with van der Waals surface area (Å²) in [5.41, 5.74) is 0.741. The Labute approximate surface area is 182 Å². The Morgan fingerprint density at radius 3 is 2.60 bits per heavy atom. The monoisotopic (exact) mass is 435 g/mol. The second-order valence-corrected chi connectivity index (χ2v) is 10.5. The SMILES string of the molecule is CCNC(=NCc1ccccc1S(=O)(=O)N1CCN(C)CC1)NC1CCCC(C)C1. The van der Waals surface area contributed by atoms with Crippen LogP contribution in [0.3, 0.4) is 0 Å². The normalized spacial score (nSPS) is 24.6. The summed E-state index contributed by atoms with van der Waals surface area (Å²) in [4.78, 5) is 7.27. The molecule has 1 saturated carbocycles. The lowest BCUT2D eigenvalue weighted by molar-refractivity contribution is 0.222. The molecule has 0 amide bonds. The molecule has 2 fully saturated rings. The van der Waals surface area contributed by atoms with E-state index in [1.54, 1.807) is 16.4 Å². The van der Waals surface area contributed by atoms with E-state index < -0.39 is 10.0 Å². The van der Waals surface area contributed by atoms with Crippen LogP contribution in [0, 0.1) is 5.92 Å². The molecule has 0 radical (unpaired) electrons. The van der Waals surface area contributed by atoms with E-state index in [0.29, 0.717) is 30.6 Å². The van der Waals surface area contributed by atoms with Crippen molar-refractivity contribution in [3.05, 3.63) is 29.8 Å². The van der Waals surface area contributed by atoms with E-state index in [0.717, 1.165) is 49.9 Å². The first kappa shape index (κ1) is 23.0. The number of hydrogen-bond acceptors (Lipinski definition) is 4. The van der Waals surface area contributed by atoms with Crippen LogP contribution >= 0.6 is 0 Å². The van der Waals surface area contributed by atoms with E-state index in [9.17, 15) is 8.42 Å². The summed E-state index contributed by atoms with van der Waals surface area (Å²) in [5, 5.41) is 6.87. The fraction of sp³-hybridized carbons (Fsp3) is 0.682. The highest BCUT2D eigenvalue weighted by molar-refractivity contribution is 7.89. The minimum atomic E-state index is -3.51. The average Bonchev–Trinajstić information content (AvgIpc) is 2.73. The predicted octanol–water partition coefficient (Wildman–Crippen LogP) is 2.26. The minimum absolute atomic E-state index is 0.334. The fourth-order valence-electron chi connectivity index (χ4n) is 4.30. The number of nitrogens with zero attached hydrogens (tertiary/aromatic N) is 3. The Balaban J connectivity index is 1.75. The van der Waals surface area contributed by atoms with Gasteiger partial charge in [-0.3, -0.25) is 0 Å². The molecule has 0 aromatic heterocycles. The van der Waals surface area contributed by atoms with Crippen LogP contribution in [0.4, 0.5) is 0 Å².